The van der Waals surface area contributed by atoms with Gasteiger partial charge in [0.25, 0.3) is 0 Å². The Balaban J connectivity index is 2.08. The van der Waals surface area contributed by atoms with Gasteiger partial charge in [0.15, 0.2) is 0 Å². The Kier molecular flexibility index (Phi) is 4.24. The van der Waals surface area contributed by atoms with Gasteiger partial charge in [0.1, 0.15) is 0 Å². The van der Waals surface area contributed by atoms with Crippen LogP contribution in [0.1, 0.15) is 26.3 Å². The van der Waals surface area contributed by atoms with E-state index < -0.39 is 0 Å². The molecule has 5 nitrogen and oxygen atoms in total. The van der Waals surface area contributed by atoms with Crippen molar-refractivity contribution in [1.82, 2.24) is 9.55 Å². The average molecular weight is 252 g/mol. The van der Waals surface area contributed by atoms with Gasteiger partial charge in [-0.3, -0.25) is 0 Å². The average Bonchev–Trinajstić information content (AvgIpc) is 2.98. The highest BCUT2D eigenvalue weighted by Crippen LogP contribution is 2.26. The van der Waals surface area contributed by atoms with Gasteiger partial charge in [-0.25, -0.2) is 4.98 Å². The van der Waals surface area contributed by atoms with Crippen LogP contribution >= 0.6 is 0 Å². The minimum Gasteiger partial charge on any atom is -0.383 e. The smallest absolute Gasteiger partial charge is 0.205 e. The van der Waals surface area contributed by atoms with Crippen LogP contribution in [0, 0.1) is 5.92 Å². The largest absolute Gasteiger partial charge is 0.383 e. The lowest BCUT2D eigenvalue weighted by Gasteiger charge is -2.23. The van der Waals surface area contributed by atoms with Gasteiger partial charge in [0.05, 0.1) is 12.6 Å². The first kappa shape index (κ1) is 13.4. The van der Waals surface area contributed by atoms with Gasteiger partial charge in [-0.2, -0.15) is 0 Å². The number of anilines is 1. The van der Waals surface area contributed by atoms with Gasteiger partial charge in [0.2, 0.25) is 5.95 Å². The summed E-state index contributed by atoms with van der Waals surface area (Å²) in [5.41, 5.74) is 5.98. The van der Waals surface area contributed by atoms with Gasteiger partial charge in [-0.05, 0) is 26.2 Å². The Labute approximate surface area is 109 Å². The van der Waals surface area contributed by atoms with E-state index in [1.165, 1.54) is 0 Å². The molecule has 1 aromatic rings. The maximum atomic E-state index is 5.98. The van der Waals surface area contributed by atoms with E-state index in [1.54, 1.807) is 7.11 Å². The van der Waals surface area contributed by atoms with Crippen molar-refractivity contribution in [1.29, 1.82) is 0 Å². The number of rotatable bonds is 5. The quantitative estimate of drug-likeness (QED) is 0.857. The Morgan fingerprint density at radius 3 is 2.94 bits per heavy atom. The molecule has 5 heteroatoms. The van der Waals surface area contributed by atoms with Crippen LogP contribution in [0.3, 0.4) is 0 Å². The van der Waals surface area contributed by atoms with E-state index in [-0.39, 0.29) is 6.04 Å². The molecule has 0 amide bonds. The Hall–Kier alpha value is -1.07. The van der Waals surface area contributed by atoms with Crippen LogP contribution < -0.4 is 10.6 Å². The molecule has 1 fully saturated rings. The minimum atomic E-state index is 0.259. The van der Waals surface area contributed by atoms with Gasteiger partial charge in [-0.15, -0.1) is 0 Å². The van der Waals surface area contributed by atoms with Crippen molar-refractivity contribution in [2.24, 2.45) is 11.7 Å². The van der Waals surface area contributed by atoms with Crippen LogP contribution in [0.25, 0.3) is 0 Å². The van der Waals surface area contributed by atoms with Crippen molar-refractivity contribution >= 4 is 5.95 Å². The van der Waals surface area contributed by atoms with Crippen molar-refractivity contribution in [2.45, 2.75) is 32.4 Å². The summed E-state index contributed by atoms with van der Waals surface area (Å²) < 4.78 is 7.40. The lowest BCUT2D eigenvalue weighted by Crippen LogP contribution is -2.31. The molecule has 2 heterocycles. The third kappa shape index (κ3) is 2.67. The number of nitrogens with zero attached hydrogens (tertiary/aromatic N) is 3. The molecule has 3 atom stereocenters. The van der Waals surface area contributed by atoms with E-state index in [0.29, 0.717) is 18.6 Å². The SMILES string of the molecule is COCC(C)n1ccnc1N1CCC(C(C)N)C1. The van der Waals surface area contributed by atoms with E-state index in [1.807, 2.05) is 12.4 Å². The fourth-order valence-electron chi connectivity index (χ4n) is 2.61. The molecule has 1 aromatic heterocycles. The molecule has 0 spiro atoms. The number of ether oxygens (including phenoxy) is 1. The highest BCUT2D eigenvalue weighted by atomic mass is 16.5. The van der Waals surface area contributed by atoms with Gasteiger partial charge >= 0.3 is 0 Å². The third-order valence-electron chi connectivity index (χ3n) is 3.78. The monoisotopic (exact) mass is 252 g/mol. The molecule has 0 aliphatic carbocycles. The summed E-state index contributed by atoms with van der Waals surface area (Å²) in [6, 6.07) is 0.566. The lowest BCUT2D eigenvalue weighted by atomic mass is 10.0. The molecule has 18 heavy (non-hydrogen) atoms. The second-order valence-corrected chi connectivity index (χ2v) is 5.29. The number of nitrogens with two attached hydrogens (primary N) is 1. The van der Waals surface area contributed by atoms with Crippen LogP contribution in [0.5, 0.6) is 0 Å². The molecular weight excluding hydrogens is 228 g/mol. The Bertz CT molecular complexity index is 377. The normalized spacial score (nSPS) is 23.3. The predicted octanol–water partition coefficient (Wildman–Crippen LogP) is 1.26. The first-order chi connectivity index (χ1) is 8.63. The zero-order valence-corrected chi connectivity index (χ0v) is 11.5. The number of imidazole rings is 1. The van der Waals surface area contributed by atoms with Gasteiger partial charge in [0, 0.05) is 38.6 Å². The van der Waals surface area contributed by atoms with Gasteiger partial charge in [-0.1, -0.05) is 0 Å². The van der Waals surface area contributed by atoms with Crippen LogP contribution in [0.15, 0.2) is 12.4 Å². The molecule has 2 rings (SSSR count). The number of methoxy groups -OCH3 is 1. The van der Waals surface area contributed by atoms with Crippen molar-refractivity contribution in [2.75, 3.05) is 31.7 Å². The molecular formula is C13H24N4O. The highest BCUT2D eigenvalue weighted by molar-refractivity contribution is 5.34. The summed E-state index contributed by atoms with van der Waals surface area (Å²) in [5.74, 6) is 1.62. The second-order valence-electron chi connectivity index (χ2n) is 5.29. The highest BCUT2D eigenvalue weighted by Gasteiger charge is 2.28. The maximum Gasteiger partial charge on any atom is 0.205 e. The Morgan fingerprint density at radius 2 is 2.33 bits per heavy atom. The predicted molar refractivity (Wildman–Crippen MR) is 72.8 cm³/mol. The maximum absolute atomic E-state index is 5.98. The molecule has 0 bridgehead atoms. The van der Waals surface area contributed by atoms with E-state index in [9.17, 15) is 0 Å². The van der Waals surface area contributed by atoms with E-state index in [4.69, 9.17) is 10.5 Å². The van der Waals surface area contributed by atoms with Crippen molar-refractivity contribution in [3.63, 3.8) is 0 Å². The topological polar surface area (TPSA) is 56.3 Å². The molecule has 1 saturated heterocycles. The number of hydrogen-bond donors (Lipinski definition) is 1. The van der Waals surface area contributed by atoms with E-state index in [2.05, 4.69) is 28.3 Å². The lowest BCUT2D eigenvalue weighted by molar-refractivity contribution is 0.162. The number of hydrogen-bond acceptors (Lipinski definition) is 4. The summed E-state index contributed by atoms with van der Waals surface area (Å²) in [5, 5.41) is 0. The molecule has 1 aliphatic heterocycles. The summed E-state index contributed by atoms with van der Waals surface area (Å²) >= 11 is 0. The molecule has 102 valence electrons. The summed E-state index contributed by atoms with van der Waals surface area (Å²) in [7, 11) is 1.73. The first-order valence-corrected chi connectivity index (χ1v) is 6.65. The number of aromatic nitrogens is 2. The third-order valence-corrected chi connectivity index (χ3v) is 3.78. The molecule has 2 N–H and O–H groups in total. The standard InChI is InChI=1S/C13H24N4O/c1-10(9-18-3)17-7-5-15-13(17)16-6-4-12(8-16)11(2)14/h5,7,10-12H,4,6,8-9,14H2,1-3H3. The van der Waals surface area contributed by atoms with E-state index in [0.717, 1.165) is 25.5 Å². The van der Waals surface area contributed by atoms with Crippen molar-refractivity contribution < 1.29 is 4.74 Å². The molecule has 3 unspecified atom stereocenters. The van der Waals surface area contributed by atoms with Crippen molar-refractivity contribution in [3.05, 3.63) is 12.4 Å². The second kappa shape index (κ2) is 5.71. The van der Waals surface area contributed by atoms with E-state index >= 15 is 0 Å². The zero-order chi connectivity index (χ0) is 13.1. The molecule has 0 saturated carbocycles. The van der Waals surface area contributed by atoms with Gasteiger partial charge < -0.3 is 19.9 Å². The fourth-order valence-corrected chi connectivity index (χ4v) is 2.61. The molecule has 0 radical (unpaired) electrons. The summed E-state index contributed by atoms with van der Waals surface area (Å²) in [6.07, 6.45) is 5.04. The summed E-state index contributed by atoms with van der Waals surface area (Å²) in [6.45, 7) is 6.99. The fraction of sp³-hybridized carbons (Fsp3) is 0.769. The van der Waals surface area contributed by atoms with Crippen molar-refractivity contribution in [3.8, 4) is 0 Å². The summed E-state index contributed by atoms with van der Waals surface area (Å²) in [4.78, 5) is 6.82. The zero-order valence-electron chi connectivity index (χ0n) is 11.5. The van der Waals surface area contributed by atoms with Crippen LogP contribution in [-0.2, 0) is 4.74 Å². The molecule has 0 aromatic carbocycles. The Morgan fingerprint density at radius 1 is 1.56 bits per heavy atom. The minimum absolute atomic E-state index is 0.259. The van der Waals surface area contributed by atoms with Crippen LogP contribution in [0.4, 0.5) is 5.95 Å². The van der Waals surface area contributed by atoms with Crippen LogP contribution in [-0.4, -0.2) is 42.4 Å². The first-order valence-electron chi connectivity index (χ1n) is 6.65. The van der Waals surface area contributed by atoms with Crippen LogP contribution in [0.2, 0.25) is 0 Å². The molecule has 1 aliphatic rings.